The van der Waals surface area contributed by atoms with Crippen molar-refractivity contribution in [2.75, 3.05) is 24.2 Å². The summed E-state index contributed by atoms with van der Waals surface area (Å²) in [7, 11) is -2.12. The maximum absolute atomic E-state index is 13.2. The van der Waals surface area contributed by atoms with Crippen LogP contribution >= 0.6 is 0 Å². The van der Waals surface area contributed by atoms with Crippen LogP contribution in [0.25, 0.3) is 0 Å². The monoisotopic (exact) mass is 513 g/mol. The lowest BCUT2D eigenvalue weighted by molar-refractivity contribution is 0.0938. The number of nitrogens with one attached hydrogen (secondary N) is 1. The van der Waals surface area contributed by atoms with Crippen molar-refractivity contribution in [1.29, 1.82) is 0 Å². The summed E-state index contributed by atoms with van der Waals surface area (Å²) in [5, 5.41) is 2.88. The molecule has 3 N–H and O–H groups in total. The number of nitrogens with two attached hydrogens (primary N) is 1. The Kier molecular flexibility index (Phi) is 9.19. The van der Waals surface area contributed by atoms with Gasteiger partial charge in [-0.3, -0.25) is 9.10 Å². The first-order chi connectivity index (χ1) is 17.0. The molecule has 3 rings (SSSR count). The molecule has 0 saturated heterocycles. The molecular weight excluding hydrogens is 481 g/mol. The molecule has 9 heteroatoms. The highest BCUT2D eigenvalue weighted by Crippen LogP contribution is 2.22. The van der Waals surface area contributed by atoms with E-state index >= 15 is 0 Å². The maximum atomic E-state index is 13.2. The third-order valence-electron chi connectivity index (χ3n) is 5.76. The van der Waals surface area contributed by atoms with Crippen LogP contribution in [0.15, 0.2) is 72.8 Å². The normalized spacial score (nSPS) is 13.1. The third-order valence-corrected chi connectivity index (χ3v) is 6.97. The summed E-state index contributed by atoms with van der Waals surface area (Å²) in [6.07, 6.45) is 1.75. The van der Waals surface area contributed by atoms with E-state index in [1.165, 1.54) is 25.2 Å². The Morgan fingerprint density at radius 3 is 2.36 bits per heavy atom. The van der Waals surface area contributed by atoms with Crippen molar-refractivity contribution in [2.24, 2.45) is 5.73 Å². The fourth-order valence-electron chi connectivity index (χ4n) is 3.68. The molecule has 0 aliphatic heterocycles. The number of nitrogens with zero attached hydrogens (tertiary/aromatic N) is 1. The van der Waals surface area contributed by atoms with E-state index in [1.54, 1.807) is 31.2 Å². The van der Waals surface area contributed by atoms with E-state index in [1.807, 2.05) is 30.3 Å². The highest BCUT2D eigenvalue weighted by atomic mass is 32.2. The number of halogens is 1. The van der Waals surface area contributed by atoms with Crippen LogP contribution in [0.3, 0.4) is 0 Å². The lowest BCUT2D eigenvalue weighted by Gasteiger charge is -2.20. The lowest BCUT2D eigenvalue weighted by Crippen LogP contribution is -2.29. The molecule has 192 valence electrons. The van der Waals surface area contributed by atoms with Crippen LogP contribution in [-0.4, -0.2) is 40.3 Å². The van der Waals surface area contributed by atoms with Crippen molar-refractivity contribution in [3.05, 3.63) is 101 Å². The number of anilines is 1. The van der Waals surface area contributed by atoms with Gasteiger partial charge in [0.05, 0.1) is 31.2 Å². The van der Waals surface area contributed by atoms with E-state index < -0.39 is 15.9 Å². The third kappa shape index (κ3) is 7.87. The van der Waals surface area contributed by atoms with Crippen LogP contribution in [0.4, 0.5) is 10.1 Å². The van der Waals surface area contributed by atoms with Crippen molar-refractivity contribution in [3.8, 4) is 0 Å². The molecule has 2 atom stereocenters. The molecule has 0 aliphatic rings. The van der Waals surface area contributed by atoms with Gasteiger partial charge in [0.15, 0.2) is 0 Å². The van der Waals surface area contributed by atoms with Crippen molar-refractivity contribution in [3.63, 3.8) is 0 Å². The van der Waals surface area contributed by atoms with E-state index in [4.69, 9.17) is 10.5 Å². The first-order valence-corrected chi connectivity index (χ1v) is 13.4. The second kappa shape index (κ2) is 12.1. The highest BCUT2D eigenvalue weighted by Gasteiger charge is 2.18. The number of hydrogen-bond acceptors (Lipinski definition) is 5. The molecule has 0 unspecified atom stereocenters. The molecule has 0 aliphatic carbocycles. The van der Waals surface area contributed by atoms with Gasteiger partial charge in [-0.15, -0.1) is 0 Å². The van der Waals surface area contributed by atoms with Crippen LogP contribution in [-0.2, 0) is 27.8 Å². The number of hydrogen-bond donors (Lipinski definition) is 2. The maximum Gasteiger partial charge on any atom is 0.251 e. The van der Waals surface area contributed by atoms with E-state index in [2.05, 4.69) is 5.32 Å². The molecule has 3 aromatic carbocycles. The molecular formula is C27H32FN3O4S. The van der Waals surface area contributed by atoms with Gasteiger partial charge in [-0.25, -0.2) is 12.8 Å². The predicted molar refractivity (Wildman–Crippen MR) is 140 cm³/mol. The minimum atomic E-state index is -3.55. The summed E-state index contributed by atoms with van der Waals surface area (Å²) in [5.41, 5.74) is 9.31. The quantitative estimate of drug-likeness (QED) is 0.406. The molecule has 0 aromatic heterocycles. The standard InChI is InChI=1S/C27H32FN3O4S/c1-19(22-9-11-24(28)12-10-22)30-27(32)23-13-21(15-26(16-23)31(2)36(3,33)34)17-35-18-25(29)14-20-7-5-4-6-8-20/h4-13,15-16,19,25H,14,17-18,29H2,1-3H3,(H,30,32)/t19-,25-/m1/s1. The van der Waals surface area contributed by atoms with Crippen LogP contribution in [0.5, 0.6) is 0 Å². The van der Waals surface area contributed by atoms with Gasteiger partial charge in [0.2, 0.25) is 10.0 Å². The molecule has 3 aromatic rings. The van der Waals surface area contributed by atoms with Gasteiger partial charge in [-0.2, -0.15) is 0 Å². The predicted octanol–water partition coefficient (Wildman–Crippen LogP) is 3.80. The molecule has 0 saturated carbocycles. The van der Waals surface area contributed by atoms with Gasteiger partial charge in [0.25, 0.3) is 5.91 Å². The van der Waals surface area contributed by atoms with Crippen LogP contribution in [0.1, 0.15) is 40.0 Å². The van der Waals surface area contributed by atoms with E-state index in [9.17, 15) is 17.6 Å². The fourth-order valence-corrected chi connectivity index (χ4v) is 4.17. The largest absolute Gasteiger partial charge is 0.375 e. The summed E-state index contributed by atoms with van der Waals surface area (Å²) in [5.74, 6) is -0.750. The molecule has 7 nitrogen and oxygen atoms in total. The van der Waals surface area contributed by atoms with Crippen molar-refractivity contribution < 1.29 is 22.3 Å². The molecule has 0 fully saturated rings. The molecule has 0 heterocycles. The number of ether oxygens (including phenoxy) is 1. The minimum absolute atomic E-state index is 0.154. The number of benzene rings is 3. The van der Waals surface area contributed by atoms with Crippen LogP contribution < -0.4 is 15.4 Å². The summed E-state index contributed by atoms with van der Waals surface area (Å²) in [6, 6.07) is 20.0. The van der Waals surface area contributed by atoms with Crippen molar-refractivity contribution in [2.45, 2.75) is 32.0 Å². The molecule has 0 radical (unpaired) electrons. The van der Waals surface area contributed by atoms with E-state index in [0.29, 0.717) is 24.3 Å². The lowest BCUT2D eigenvalue weighted by atomic mass is 10.1. The SMILES string of the molecule is C[C@@H](NC(=O)c1cc(COC[C@H](N)Cc2ccccc2)cc(N(C)S(C)(=O)=O)c1)c1ccc(F)cc1. The van der Waals surface area contributed by atoms with E-state index in [-0.39, 0.29) is 30.1 Å². The highest BCUT2D eigenvalue weighted by molar-refractivity contribution is 7.92. The zero-order chi connectivity index (χ0) is 26.3. The Morgan fingerprint density at radius 2 is 1.72 bits per heavy atom. The number of carbonyl (C=O) groups is 1. The Hall–Kier alpha value is -3.27. The smallest absolute Gasteiger partial charge is 0.251 e. The fraction of sp³-hybridized carbons (Fsp3) is 0.296. The van der Waals surface area contributed by atoms with Gasteiger partial charge >= 0.3 is 0 Å². The minimum Gasteiger partial charge on any atom is -0.375 e. The Labute approximate surface area is 212 Å². The van der Waals surface area contributed by atoms with E-state index in [0.717, 1.165) is 21.7 Å². The summed E-state index contributed by atoms with van der Waals surface area (Å²) in [4.78, 5) is 13.0. The zero-order valence-corrected chi connectivity index (χ0v) is 21.5. The summed E-state index contributed by atoms with van der Waals surface area (Å²) < 4.78 is 44.4. The summed E-state index contributed by atoms with van der Waals surface area (Å²) in [6.45, 7) is 2.24. The van der Waals surface area contributed by atoms with Crippen molar-refractivity contribution >= 4 is 21.6 Å². The molecule has 1 amide bonds. The Morgan fingerprint density at radius 1 is 1.06 bits per heavy atom. The first-order valence-electron chi connectivity index (χ1n) is 11.5. The average molecular weight is 514 g/mol. The Balaban J connectivity index is 1.74. The second-order valence-corrected chi connectivity index (χ2v) is 10.8. The van der Waals surface area contributed by atoms with Crippen LogP contribution in [0.2, 0.25) is 0 Å². The topological polar surface area (TPSA) is 102 Å². The van der Waals surface area contributed by atoms with Gasteiger partial charge in [0.1, 0.15) is 5.82 Å². The zero-order valence-electron chi connectivity index (χ0n) is 20.6. The summed E-state index contributed by atoms with van der Waals surface area (Å²) >= 11 is 0. The Bertz CT molecular complexity index is 1270. The number of sulfonamides is 1. The molecule has 0 bridgehead atoms. The van der Waals surface area contributed by atoms with Gasteiger partial charge in [0, 0.05) is 18.7 Å². The molecule has 36 heavy (non-hydrogen) atoms. The second-order valence-electron chi connectivity index (χ2n) is 8.83. The average Bonchev–Trinajstić information content (AvgIpc) is 2.83. The van der Waals surface area contributed by atoms with Crippen LogP contribution in [0, 0.1) is 5.82 Å². The van der Waals surface area contributed by atoms with Gasteiger partial charge in [-0.05, 0) is 60.4 Å². The van der Waals surface area contributed by atoms with Crippen molar-refractivity contribution in [1.82, 2.24) is 5.32 Å². The first kappa shape index (κ1) is 27.3. The molecule has 0 spiro atoms. The van der Waals surface area contributed by atoms with Gasteiger partial charge < -0.3 is 15.8 Å². The number of amides is 1. The number of rotatable bonds is 11. The number of carbonyl (C=O) groups excluding carboxylic acids is 1. The van der Waals surface area contributed by atoms with Gasteiger partial charge in [-0.1, -0.05) is 42.5 Å².